The monoisotopic (exact) mass is 279 g/mol. The van der Waals surface area contributed by atoms with Crippen LogP contribution in [0, 0.1) is 6.92 Å². The number of aryl methyl sites for hydroxylation is 1. The molecular weight excluding hydrogens is 262 g/mol. The van der Waals surface area contributed by atoms with Crippen LogP contribution in [0.2, 0.25) is 0 Å². The van der Waals surface area contributed by atoms with Crippen LogP contribution in [0.5, 0.6) is 0 Å². The minimum Gasteiger partial charge on any atom is -0.395 e. The molecule has 0 spiro atoms. The first kappa shape index (κ1) is 15.6. The van der Waals surface area contributed by atoms with E-state index in [9.17, 15) is 0 Å². The summed E-state index contributed by atoms with van der Waals surface area (Å²) in [5.41, 5.74) is 8.61. The van der Waals surface area contributed by atoms with Crippen molar-refractivity contribution in [2.75, 3.05) is 6.61 Å². The molecule has 1 aromatic carbocycles. The molecule has 0 saturated heterocycles. The second-order valence-corrected chi connectivity index (χ2v) is 4.32. The molecule has 5 heteroatoms. The van der Waals surface area contributed by atoms with Crippen LogP contribution in [0.1, 0.15) is 11.3 Å². The second kappa shape index (κ2) is 7.19. The minimum atomic E-state index is -0.255. The van der Waals surface area contributed by atoms with Crippen molar-refractivity contribution >= 4 is 12.4 Å². The highest BCUT2D eigenvalue weighted by atomic mass is 35.5. The van der Waals surface area contributed by atoms with Crippen molar-refractivity contribution in [2.45, 2.75) is 19.4 Å². The van der Waals surface area contributed by atoms with Gasteiger partial charge in [0.1, 0.15) is 0 Å². The third-order valence-corrected chi connectivity index (χ3v) is 2.83. The van der Waals surface area contributed by atoms with Crippen LogP contribution in [-0.4, -0.2) is 27.7 Å². The summed E-state index contributed by atoms with van der Waals surface area (Å²) in [5.74, 6) is 0.717. The summed E-state index contributed by atoms with van der Waals surface area (Å²) in [6, 6.07) is 9.59. The molecule has 1 atom stereocenters. The Morgan fingerprint density at radius 2 is 1.95 bits per heavy atom. The van der Waals surface area contributed by atoms with Gasteiger partial charge >= 0.3 is 0 Å². The first-order valence-electron chi connectivity index (χ1n) is 5.95. The molecule has 0 radical (unpaired) electrons. The Bertz CT molecular complexity index is 519. The van der Waals surface area contributed by atoms with Gasteiger partial charge in [0.05, 0.1) is 6.61 Å². The van der Waals surface area contributed by atoms with Crippen LogP contribution in [0.15, 0.2) is 36.5 Å². The first-order chi connectivity index (χ1) is 8.70. The third kappa shape index (κ3) is 3.99. The summed E-state index contributed by atoms with van der Waals surface area (Å²) in [7, 11) is 0. The van der Waals surface area contributed by atoms with Gasteiger partial charge in [0.15, 0.2) is 5.82 Å². The molecule has 1 aromatic heterocycles. The maximum Gasteiger partial charge on any atom is 0.159 e. The van der Waals surface area contributed by atoms with Crippen LogP contribution in [-0.2, 0) is 6.42 Å². The fourth-order valence-corrected chi connectivity index (χ4v) is 1.77. The van der Waals surface area contributed by atoms with Crippen molar-refractivity contribution in [3.8, 4) is 11.4 Å². The molecule has 0 bridgehead atoms. The lowest BCUT2D eigenvalue weighted by atomic mass is 10.1. The number of aliphatic hydroxyl groups excluding tert-OH is 1. The standard InChI is InChI=1S/C14H17N3O.ClH/c1-10-12(7-13(15)9-18)8-16-14(17-10)11-5-3-2-4-6-11;/h2-6,8,13,18H,7,9,15H2,1H3;1H. The van der Waals surface area contributed by atoms with Gasteiger partial charge in [-0.15, -0.1) is 12.4 Å². The van der Waals surface area contributed by atoms with Crippen molar-refractivity contribution in [1.82, 2.24) is 9.97 Å². The number of aliphatic hydroxyl groups is 1. The zero-order chi connectivity index (χ0) is 13.0. The summed E-state index contributed by atoms with van der Waals surface area (Å²) in [6.45, 7) is 1.91. The maximum absolute atomic E-state index is 8.95. The van der Waals surface area contributed by atoms with Gasteiger partial charge in [-0.1, -0.05) is 30.3 Å². The van der Waals surface area contributed by atoms with Crippen molar-refractivity contribution in [1.29, 1.82) is 0 Å². The molecule has 19 heavy (non-hydrogen) atoms. The van der Waals surface area contributed by atoms with Gasteiger partial charge in [0.2, 0.25) is 0 Å². The Morgan fingerprint density at radius 3 is 2.53 bits per heavy atom. The highest BCUT2D eigenvalue weighted by molar-refractivity contribution is 5.85. The van der Waals surface area contributed by atoms with Crippen molar-refractivity contribution in [3.05, 3.63) is 47.8 Å². The Morgan fingerprint density at radius 1 is 1.26 bits per heavy atom. The molecule has 1 heterocycles. The summed E-state index contributed by atoms with van der Waals surface area (Å²) < 4.78 is 0. The summed E-state index contributed by atoms with van der Waals surface area (Å²) >= 11 is 0. The molecule has 0 saturated carbocycles. The molecule has 2 aromatic rings. The van der Waals surface area contributed by atoms with E-state index in [0.717, 1.165) is 22.6 Å². The molecule has 1 unspecified atom stereocenters. The lowest BCUT2D eigenvalue weighted by Gasteiger charge is -2.10. The summed E-state index contributed by atoms with van der Waals surface area (Å²) in [6.07, 6.45) is 2.39. The largest absolute Gasteiger partial charge is 0.395 e. The van der Waals surface area contributed by atoms with Gasteiger partial charge in [0.25, 0.3) is 0 Å². The normalized spacial score (nSPS) is 11.7. The fraction of sp³-hybridized carbons (Fsp3) is 0.286. The number of hydrogen-bond acceptors (Lipinski definition) is 4. The molecule has 0 aliphatic rings. The second-order valence-electron chi connectivity index (χ2n) is 4.32. The number of aromatic nitrogens is 2. The van der Waals surface area contributed by atoms with E-state index < -0.39 is 0 Å². The van der Waals surface area contributed by atoms with Crippen molar-refractivity contribution in [2.24, 2.45) is 5.73 Å². The Hall–Kier alpha value is -1.49. The highest BCUT2D eigenvalue weighted by Gasteiger charge is 2.08. The predicted molar refractivity (Wildman–Crippen MR) is 78.2 cm³/mol. The summed E-state index contributed by atoms with van der Waals surface area (Å²) in [5, 5.41) is 8.95. The highest BCUT2D eigenvalue weighted by Crippen LogP contribution is 2.16. The van der Waals surface area contributed by atoms with Crippen LogP contribution in [0.25, 0.3) is 11.4 Å². The Balaban J connectivity index is 0.00000180. The van der Waals surface area contributed by atoms with E-state index in [4.69, 9.17) is 10.8 Å². The molecule has 3 N–H and O–H groups in total. The van der Waals surface area contributed by atoms with Gasteiger partial charge in [0, 0.05) is 23.5 Å². The number of nitrogens with zero attached hydrogens (tertiary/aromatic N) is 2. The van der Waals surface area contributed by atoms with E-state index in [1.54, 1.807) is 6.20 Å². The van der Waals surface area contributed by atoms with Crippen molar-refractivity contribution in [3.63, 3.8) is 0 Å². The lowest BCUT2D eigenvalue weighted by Crippen LogP contribution is -2.27. The molecule has 0 aliphatic heterocycles. The quantitative estimate of drug-likeness (QED) is 0.894. The zero-order valence-electron chi connectivity index (χ0n) is 10.8. The van der Waals surface area contributed by atoms with E-state index in [1.807, 2.05) is 37.3 Å². The number of hydrogen-bond donors (Lipinski definition) is 2. The van der Waals surface area contributed by atoms with E-state index in [1.165, 1.54) is 0 Å². The molecule has 0 fully saturated rings. The fourth-order valence-electron chi connectivity index (χ4n) is 1.77. The first-order valence-corrected chi connectivity index (χ1v) is 5.95. The van der Waals surface area contributed by atoms with Gasteiger partial charge in [-0.2, -0.15) is 0 Å². The summed E-state index contributed by atoms with van der Waals surface area (Å²) in [4.78, 5) is 8.83. The zero-order valence-corrected chi connectivity index (χ0v) is 11.6. The molecule has 0 aliphatic carbocycles. The van der Waals surface area contributed by atoms with Crippen LogP contribution in [0.3, 0.4) is 0 Å². The Kier molecular flexibility index (Phi) is 5.89. The van der Waals surface area contributed by atoms with E-state index >= 15 is 0 Å². The number of benzene rings is 1. The van der Waals surface area contributed by atoms with Crippen LogP contribution in [0.4, 0.5) is 0 Å². The van der Waals surface area contributed by atoms with Gasteiger partial charge < -0.3 is 10.8 Å². The van der Waals surface area contributed by atoms with Gasteiger partial charge in [-0.25, -0.2) is 9.97 Å². The lowest BCUT2D eigenvalue weighted by molar-refractivity contribution is 0.265. The minimum absolute atomic E-state index is 0. The predicted octanol–water partition coefficient (Wildman–Crippen LogP) is 1.74. The SMILES string of the molecule is Cc1nc(-c2ccccc2)ncc1CC(N)CO.Cl. The van der Waals surface area contributed by atoms with Crippen molar-refractivity contribution < 1.29 is 5.11 Å². The number of rotatable bonds is 4. The van der Waals surface area contributed by atoms with E-state index in [-0.39, 0.29) is 25.1 Å². The van der Waals surface area contributed by atoms with E-state index in [0.29, 0.717) is 6.42 Å². The number of halogens is 1. The van der Waals surface area contributed by atoms with Crippen LogP contribution < -0.4 is 5.73 Å². The maximum atomic E-state index is 8.95. The average Bonchev–Trinajstić information content (AvgIpc) is 2.42. The van der Waals surface area contributed by atoms with Crippen LogP contribution >= 0.6 is 12.4 Å². The number of nitrogens with two attached hydrogens (primary N) is 1. The van der Waals surface area contributed by atoms with Gasteiger partial charge in [-0.3, -0.25) is 0 Å². The average molecular weight is 280 g/mol. The molecule has 102 valence electrons. The van der Waals surface area contributed by atoms with E-state index in [2.05, 4.69) is 9.97 Å². The third-order valence-electron chi connectivity index (χ3n) is 2.83. The van der Waals surface area contributed by atoms with Gasteiger partial charge in [-0.05, 0) is 18.9 Å². The molecular formula is C14H18ClN3O. The smallest absolute Gasteiger partial charge is 0.159 e. The Labute approximate surface area is 119 Å². The molecule has 2 rings (SSSR count). The molecule has 4 nitrogen and oxygen atoms in total. The molecule has 0 amide bonds. The topological polar surface area (TPSA) is 72.0 Å².